The third-order valence-corrected chi connectivity index (χ3v) is 5.50. The first kappa shape index (κ1) is 16.6. The molecule has 0 aromatic carbocycles. The summed E-state index contributed by atoms with van der Waals surface area (Å²) in [5.41, 5.74) is 0. The third kappa shape index (κ3) is 4.37. The summed E-state index contributed by atoms with van der Waals surface area (Å²) in [5.74, 6) is 0.337. The van der Waals surface area contributed by atoms with Crippen LogP contribution in [0.3, 0.4) is 0 Å². The van der Waals surface area contributed by atoms with E-state index < -0.39 is 10.0 Å². The molecule has 0 unspecified atom stereocenters. The molecule has 5 nitrogen and oxygen atoms in total. The average Bonchev–Trinajstić information content (AvgIpc) is 2.39. The molecule has 0 spiro atoms. The molecule has 0 amide bonds. The summed E-state index contributed by atoms with van der Waals surface area (Å²) in [5, 5.41) is 0. The molecular weight excluding hydrogens is 361 g/mol. The van der Waals surface area contributed by atoms with E-state index in [2.05, 4.69) is 20.9 Å². The highest BCUT2D eigenvalue weighted by molar-refractivity contribution is 9.10. The molecule has 0 radical (unpaired) electrons. The van der Waals surface area contributed by atoms with E-state index >= 15 is 0 Å². The van der Waals surface area contributed by atoms with Crippen LogP contribution in [0.2, 0.25) is 0 Å². The Morgan fingerprint density at radius 3 is 2.62 bits per heavy atom. The van der Waals surface area contributed by atoms with Gasteiger partial charge in [0.05, 0.1) is 6.26 Å². The number of hydrogen-bond donors (Lipinski definition) is 0. The predicted octanol–water partition coefficient (Wildman–Crippen LogP) is 2.09. The first-order chi connectivity index (χ1) is 9.77. The van der Waals surface area contributed by atoms with Crippen molar-refractivity contribution in [3.05, 3.63) is 22.6 Å². The molecule has 1 saturated heterocycles. The van der Waals surface area contributed by atoms with Gasteiger partial charge in [-0.05, 0) is 40.8 Å². The molecule has 8 heteroatoms. The lowest BCUT2D eigenvalue weighted by molar-refractivity contribution is 0.327. The minimum Gasteiger partial charge on any atom is -0.354 e. The van der Waals surface area contributed by atoms with Crippen molar-refractivity contribution in [3.63, 3.8) is 0 Å². The summed E-state index contributed by atoms with van der Waals surface area (Å²) in [6, 6.07) is 1.41. The summed E-state index contributed by atoms with van der Waals surface area (Å²) >= 11 is 3.19. The molecule has 0 atom stereocenters. The van der Waals surface area contributed by atoms with Crippen LogP contribution in [-0.2, 0) is 10.0 Å². The number of rotatable bonds is 4. The average molecular weight is 380 g/mol. The van der Waals surface area contributed by atoms with Gasteiger partial charge in [0.25, 0.3) is 0 Å². The maximum Gasteiger partial charge on any atom is 0.210 e. The monoisotopic (exact) mass is 379 g/mol. The fourth-order valence-corrected chi connectivity index (χ4v) is 3.25. The van der Waals surface area contributed by atoms with Crippen molar-refractivity contribution in [2.45, 2.75) is 12.8 Å². The zero-order chi connectivity index (χ0) is 15.6. The molecule has 1 aliphatic rings. The molecule has 0 aliphatic carbocycles. The molecule has 1 aliphatic heterocycles. The summed E-state index contributed by atoms with van der Waals surface area (Å²) in [6.07, 6.45) is 4.46. The lowest BCUT2D eigenvalue weighted by Gasteiger charge is -2.34. The Labute approximate surface area is 133 Å². The van der Waals surface area contributed by atoms with Crippen LogP contribution in [0.5, 0.6) is 0 Å². The smallest absolute Gasteiger partial charge is 0.210 e. The molecule has 0 bridgehead atoms. The first-order valence-electron chi connectivity index (χ1n) is 6.74. The number of sulfonamides is 1. The van der Waals surface area contributed by atoms with E-state index in [0.717, 1.165) is 12.8 Å². The Bertz CT molecular complexity index is 603. The summed E-state index contributed by atoms with van der Waals surface area (Å²) in [4.78, 5) is 6.04. The second-order valence-electron chi connectivity index (χ2n) is 5.43. The zero-order valence-corrected chi connectivity index (χ0v) is 14.5. The topological polar surface area (TPSA) is 53.5 Å². The number of aromatic nitrogens is 1. The number of piperidine rings is 1. The van der Waals surface area contributed by atoms with Crippen LogP contribution < -0.4 is 4.90 Å². The van der Waals surface area contributed by atoms with Crippen LogP contribution in [0.25, 0.3) is 0 Å². The van der Waals surface area contributed by atoms with Crippen LogP contribution in [0.4, 0.5) is 10.2 Å². The van der Waals surface area contributed by atoms with E-state index in [1.807, 2.05) is 4.90 Å². The van der Waals surface area contributed by atoms with Gasteiger partial charge in [0.1, 0.15) is 0 Å². The fraction of sp³-hybridized carbons (Fsp3) is 0.615. The van der Waals surface area contributed by atoms with Crippen LogP contribution in [0.15, 0.2) is 16.7 Å². The molecule has 21 heavy (non-hydrogen) atoms. The Kier molecular flexibility index (Phi) is 5.21. The van der Waals surface area contributed by atoms with Crippen molar-refractivity contribution < 1.29 is 12.8 Å². The molecule has 2 heterocycles. The molecule has 118 valence electrons. The first-order valence-corrected chi connectivity index (χ1v) is 9.39. The molecule has 2 rings (SSSR count). The Hall–Kier alpha value is -0.730. The van der Waals surface area contributed by atoms with Crippen LogP contribution in [-0.4, -0.2) is 50.6 Å². The van der Waals surface area contributed by atoms with Crippen LogP contribution in [0.1, 0.15) is 12.8 Å². The Morgan fingerprint density at radius 2 is 2.10 bits per heavy atom. The van der Waals surface area contributed by atoms with Gasteiger partial charge < -0.3 is 4.90 Å². The van der Waals surface area contributed by atoms with Crippen molar-refractivity contribution in [2.24, 2.45) is 5.92 Å². The zero-order valence-electron chi connectivity index (χ0n) is 12.1. The van der Waals surface area contributed by atoms with Crippen molar-refractivity contribution in [2.75, 3.05) is 37.8 Å². The Morgan fingerprint density at radius 1 is 1.48 bits per heavy atom. The maximum atomic E-state index is 13.9. The van der Waals surface area contributed by atoms with E-state index in [-0.39, 0.29) is 5.82 Å². The van der Waals surface area contributed by atoms with Gasteiger partial charge in [-0.15, -0.1) is 0 Å². The van der Waals surface area contributed by atoms with Gasteiger partial charge in [-0.3, -0.25) is 0 Å². The second-order valence-corrected chi connectivity index (χ2v) is 8.44. The van der Waals surface area contributed by atoms with Crippen LogP contribution in [0, 0.1) is 11.7 Å². The number of nitrogens with zero attached hydrogens (tertiary/aromatic N) is 3. The highest BCUT2D eigenvalue weighted by Gasteiger charge is 2.25. The molecule has 0 saturated carbocycles. The standard InChI is InChI=1S/C13H19BrFN3O2S/c1-17(21(2,19)20)9-10-3-5-18(6-4-10)13-12(15)7-11(14)8-16-13/h7-8,10H,3-6,9H2,1-2H3. The normalized spacial score (nSPS) is 17.5. The molecule has 0 N–H and O–H groups in total. The lowest BCUT2D eigenvalue weighted by atomic mass is 9.97. The summed E-state index contributed by atoms with van der Waals surface area (Å²) in [7, 11) is -1.54. The van der Waals surface area contributed by atoms with Crippen LogP contribution >= 0.6 is 15.9 Å². The highest BCUT2D eigenvalue weighted by atomic mass is 79.9. The van der Waals surface area contributed by atoms with E-state index in [1.165, 1.54) is 16.6 Å². The minimum absolute atomic E-state index is 0.305. The fourth-order valence-electron chi connectivity index (χ4n) is 2.47. The van der Waals surface area contributed by atoms with Crippen molar-refractivity contribution in [1.82, 2.24) is 9.29 Å². The van der Waals surface area contributed by atoms with Gasteiger partial charge in [-0.25, -0.2) is 22.1 Å². The molecule has 1 fully saturated rings. The lowest BCUT2D eigenvalue weighted by Crippen LogP contribution is -2.39. The van der Waals surface area contributed by atoms with Gasteiger partial charge in [0.15, 0.2) is 11.6 Å². The van der Waals surface area contributed by atoms with E-state index in [1.54, 1.807) is 13.2 Å². The number of anilines is 1. The number of halogens is 2. The largest absolute Gasteiger partial charge is 0.354 e. The highest BCUT2D eigenvalue weighted by Crippen LogP contribution is 2.26. The Balaban J connectivity index is 1.94. The maximum absolute atomic E-state index is 13.9. The van der Waals surface area contributed by atoms with E-state index in [9.17, 15) is 12.8 Å². The van der Waals surface area contributed by atoms with Gasteiger partial charge >= 0.3 is 0 Å². The van der Waals surface area contributed by atoms with Gasteiger partial charge in [-0.2, -0.15) is 0 Å². The summed E-state index contributed by atoms with van der Waals surface area (Å²) in [6.45, 7) is 1.89. The quantitative estimate of drug-likeness (QED) is 0.803. The van der Waals surface area contributed by atoms with Gasteiger partial charge in [-0.1, -0.05) is 0 Å². The third-order valence-electron chi connectivity index (χ3n) is 3.78. The number of hydrogen-bond acceptors (Lipinski definition) is 4. The minimum atomic E-state index is -3.14. The second kappa shape index (κ2) is 6.58. The van der Waals surface area contributed by atoms with Gasteiger partial charge in [0.2, 0.25) is 10.0 Å². The molecular formula is C13H19BrFN3O2S. The van der Waals surface area contributed by atoms with Crippen molar-refractivity contribution >= 4 is 31.8 Å². The summed E-state index contributed by atoms with van der Waals surface area (Å²) < 4.78 is 38.7. The molecule has 1 aromatic rings. The van der Waals surface area contributed by atoms with Gasteiger partial charge in [0, 0.05) is 37.4 Å². The number of pyridine rings is 1. The van der Waals surface area contributed by atoms with E-state index in [0.29, 0.717) is 35.8 Å². The van der Waals surface area contributed by atoms with Crippen molar-refractivity contribution in [1.29, 1.82) is 0 Å². The van der Waals surface area contributed by atoms with Crippen molar-refractivity contribution in [3.8, 4) is 0 Å². The molecule has 1 aromatic heterocycles. The predicted molar refractivity (Wildman–Crippen MR) is 84.3 cm³/mol. The van der Waals surface area contributed by atoms with E-state index in [4.69, 9.17) is 0 Å². The SMILES string of the molecule is CN(CC1CCN(c2ncc(Br)cc2F)CC1)S(C)(=O)=O.